The number of pyridine rings is 1. The van der Waals surface area contributed by atoms with E-state index in [1.54, 1.807) is 0 Å². The molecule has 3 aromatic carbocycles. The number of hydrogen-bond donors (Lipinski definition) is 0. The Morgan fingerprint density at radius 1 is 0.806 bits per heavy atom. The van der Waals surface area contributed by atoms with Gasteiger partial charge in [-0.3, -0.25) is 9.98 Å². The Morgan fingerprint density at radius 2 is 1.64 bits per heavy atom. The monoisotopic (exact) mass is 482 g/mol. The summed E-state index contributed by atoms with van der Waals surface area (Å²) in [5.74, 6) is 0.181. The summed E-state index contributed by atoms with van der Waals surface area (Å²) < 4.78 is 15.3. The van der Waals surface area contributed by atoms with Crippen LogP contribution in [0.4, 0.5) is 5.69 Å². The molecule has 2 unspecified atom stereocenters. The molecule has 4 heteroatoms. The van der Waals surface area contributed by atoms with E-state index in [1.165, 1.54) is 22.3 Å². The molecule has 0 fully saturated rings. The van der Waals surface area contributed by atoms with Crippen molar-refractivity contribution in [3.63, 3.8) is 0 Å². The summed E-state index contributed by atoms with van der Waals surface area (Å²) in [6, 6.07) is 25.3. The normalized spacial score (nSPS) is 22.6. The molecule has 0 amide bonds. The largest absolute Gasteiger partial charge is 0.309 e. The van der Waals surface area contributed by atoms with E-state index in [0.717, 1.165) is 63.3 Å². The van der Waals surface area contributed by atoms with Gasteiger partial charge in [0.05, 0.1) is 11.4 Å². The fourth-order valence-electron chi connectivity index (χ4n) is 6.64. The van der Waals surface area contributed by atoms with Crippen molar-refractivity contribution in [3.05, 3.63) is 125 Å². The molecule has 2 aliphatic heterocycles. The molecule has 3 heterocycles. The highest BCUT2D eigenvalue weighted by Gasteiger charge is 2.44. The van der Waals surface area contributed by atoms with Gasteiger partial charge in [0.2, 0.25) is 0 Å². The van der Waals surface area contributed by atoms with Gasteiger partial charge in [-0.15, -0.1) is 0 Å². The molecule has 0 spiro atoms. The second kappa shape index (κ2) is 7.35. The predicted molar refractivity (Wildman–Crippen MR) is 147 cm³/mol. The van der Waals surface area contributed by atoms with Crippen LogP contribution < -0.4 is 10.6 Å². The van der Waals surface area contributed by atoms with Crippen LogP contribution in [0.2, 0.25) is 0 Å². The zero-order valence-electron chi connectivity index (χ0n) is 19.7. The summed E-state index contributed by atoms with van der Waals surface area (Å²) in [6.07, 6.45) is 10.9. The van der Waals surface area contributed by atoms with Gasteiger partial charge in [0.1, 0.15) is 0 Å². The van der Waals surface area contributed by atoms with Crippen LogP contribution in [0.15, 0.2) is 108 Å². The van der Waals surface area contributed by atoms with Crippen molar-refractivity contribution in [3.8, 4) is 11.1 Å². The van der Waals surface area contributed by atoms with E-state index in [-0.39, 0.29) is 5.92 Å². The van der Waals surface area contributed by atoms with E-state index in [2.05, 4.69) is 83.9 Å². The number of fused-ring (bicyclic) bond motifs is 9. The second-order valence-electron chi connectivity index (χ2n) is 9.98. The summed E-state index contributed by atoms with van der Waals surface area (Å²) in [4.78, 5) is 9.81. The molecule has 0 radical (unpaired) electrons. The molecule has 4 aliphatic rings. The van der Waals surface area contributed by atoms with E-state index in [4.69, 9.17) is 4.99 Å². The SMILES string of the molecule is O=P1(c2cccc3c2N=C2c4ccncc4-c4ccccc4C2C3)C2=C(CCC=C2)c2ccccc21. The Labute approximate surface area is 210 Å². The molecule has 4 aromatic rings. The fourth-order valence-corrected chi connectivity index (χ4v) is 9.98. The molecular weight excluding hydrogens is 459 g/mol. The van der Waals surface area contributed by atoms with E-state index in [0.29, 0.717) is 0 Å². The van der Waals surface area contributed by atoms with Crippen molar-refractivity contribution in [2.24, 2.45) is 4.99 Å². The number of allylic oxidation sites excluding steroid dienone is 4. The van der Waals surface area contributed by atoms with Gasteiger partial charge in [-0.25, -0.2) is 0 Å². The third-order valence-electron chi connectivity index (χ3n) is 8.20. The van der Waals surface area contributed by atoms with Gasteiger partial charge >= 0.3 is 0 Å². The van der Waals surface area contributed by atoms with Gasteiger partial charge in [-0.1, -0.05) is 72.8 Å². The van der Waals surface area contributed by atoms with E-state index < -0.39 is 7.14 Å². The quantitative estimate of drug-likeness (QED) is 0.277. The lowest BCUT2D eigenvalue weighted by molar-refractivity contribution is 0.591. The smallest absolute Gasteiger partial charge is 0.174 e. The van der Waals surface area contributed by atoms with Gasteiger partial charge < -0.3 is 4.57 Å². The Balaban J connectivity index is 1.40. The highest BCUT2D eigenvalue weighted by molar-refractivity contribution is 7.83. The molecule has 8 rings (SSSR count). The Kier molecular flexibility index (Phi) is 4.16. The molecule has 3 nitrogen and oxygen atoms in total. The molecule has 2 atom stereocenters. The van der Waals surface area contributed by atoms with Crippen LogP contribution in [0, 0.1) is 0 Å². The second-order valence-corrected chi connectivity index (χ2v) is 12.6. The zero-order chi connectivity index (χ0) is 23.9. The molecule has 1 aromatic heterocycles. The lowest BCUT2D eigenvalue weighted by atomic mass is 9.74. The van der Waals surface area contributed by atoms with Crippen LogP contribution in [-0.4, -0.2) is 10.7 Å². The lowest BCUT2D eigenvalue weighted by Crippen LogP contribution is -2.27. The molecule has 0 N–H and O–H groups in total. The van der Waals surface area contributed by atoms with Gasteiger partial charge in [-0.05, 0) is 59.2 Å². The van der Waals surface area contributed by atoms with Gasteiger partial charge in [0.25, 0.3) is 0 Å². The van der Waals surface area contributed by atoms with E-state index in [9.17, 15) is 0 Å². The number of aliphatic imine (C=N–C) groups is 1. The maximum Gasteiger partial charge on any atom is 0.174 e. The maximum atomic E-state index is 15.3. The molecule has 2 aliphatic carbocycles. The van der Waals surface area contributed by atoms with Crippen molar-refractivity contribution < 1.29 is 4.57 Å². The minimum atomic E-state index is -3.03. The van der Waals surface area contributed by atoms with E-state index in [1.807, 2.05) is 18.5 Å². The van der Waals surface area contributed by atoms with Crippen LogP contribution in [-0.2, 0) is 11.0 Å². The Hall–Kier alpha value is -3.81. The summed E-state index contributed by atoms with van der Waals surface area (Å²) in [6.45, 7) is 0. The summed E-state index contributed by atoms with van der Waals surface area (Å²) >= 11 is 0. The molecule has 0 bridgehead atoms. The average Bonchev–Trinajstić information content (AvgIpc) is 3.21. The number of benzene rings is 3. The highest BCUT2D eigenvalue weighted by Crippen LogP contribution is 2.63. The number of rotatable bonds is 1. The minimum absolute atomic E-state index is 0.181. The third-order valence-corrected chi connectivity index (χ3v) is 11.4. The fraction of sp³-hybridized carbons (Fsp3) is 0.125. The molecule has 172 valence electrons. The van der Waals surface area contributed by atoms with E-state index >= 15 is 4.57 Å². The van der Waals surface area contributed by atoms with Crippen molar-refractivity contribution in [2.75, 3.05) is 0 Å². The molecule has 36 heavy (non-hydrogen) atoms. The Bertz CT molecular complexity index is 1760. The van der Waals surface area contributed by atoms with Crippen LogP contribution in [0.3, 0.4) is 0 Å². The van der Waals surface area contributed by atoms with Crippen LogP contribution in [0.25, 0.3) is 16.7 Å². The number of nitrogens with zero attached hydrogens (tertiary/aromatic N) is 2. The first-order valence-electron chi connectivity index (χ1n) is 12.6. The predicted octanol–water partition coefficient (Wildman–Crippen LogP) is 6.91. The van der Waals surface area contributed by atoms with Crippen molar-refractivity contribution >= 4 is 34.7 Å². The van der Waals surface area contributed by atoms with Crippen molar-refractivity contribution in [1.82, 2.24) is 4.98 Å². The molecular formula is C32H23N2OP. The summed E-state index contributed by atoms with van der Waals surface area (Å²) in [5, 5.41) is 2.85. The average molecular weight is 483 g/mol. The Morgan fingerprint density at radius 3 is 2.58 bits per heavy atom. The van der Waals surface area contributed by atoms with Gasteiger partial charge in [0.15, 0.2) is 7.14 Å². The summed E-state index contributed by atoms with van der Waals surface area (Å²) in [5.41, 5.74) is 10.3. The molecule has 0 saturated carbocycles. The number of para-hydroxylation sites is 1. The third kappa shape index (κ3) is 2.56. The van der Waals surface area contributed by atoms with Crippen molar-refractivity contribution in [2.45, 2.75) is 25.2 Å². The first kappa shape index (κ1) is 20.4. The standard InChI is InChI=1S/C32H23N2OP/c35-36(28-13-5-3-11-23(28)24-12-4-6-14-29(24)36)30-15-7-8-20-18-26-21-9-1-2-10-22(21)27-19-33-17-16-25(27)32(26)34-31(20)30/h1-3,5-11,13-17,19,26H,4,12,18H2. The van der Waals surface area contributed by atoms with Crippen molar-refractivity contribution in [1.29, 1.82) is 0 Å². The minimum Gasteiger partial charge on any atom is -0.309 e. The maximum absolute atomic E-state index is 15.3. The van der Waals surface area contributed by atoms with Crippen LogP contribution >= 0.6 is 7.14 Å². The first-order chi connectivity index (χ1) is 17.7. The summed E-state index contributed by atoms with van der Waals surface area (Å²) in [7, 11) is -3.03. The van der Waals surface area contributed by atoms with Crippen LogP contribution in [0.1, 0.15) is 41.0 Å². The topological polar surface area (TPSA) is 42.3 Å². The first-order valence-corrected chi connectivity index (χ1v) is 14.3. The number of aromatic nitrogens is 1. The number of hydrogen-bond acceptors (Lipinski definition) is 3. The highest BCUT2D eigenvalue weighted by atomic mass is 31.2. The lowest BCUT2D eigenvalue weighted by Gasteiger charge is -2.33. The zero-order valence-corrected chi connectivity index (χ0v) is 20.6. The molecule has 0 saturated heterocycles. The van der Waals surface area contributed by atoms with Gasteiger partial charge in [0, 0.05) is 45.4 Å². The van der Waals surface area contributed by atoms with Crippen LogP contribution in [0.5, 0.6) is 0 Å². The van der Waals surface area contributed by atoms with Gasteiger partial charge in [-0.2, -0.15) is 0 Å².